The van der Waals surface area contributed by atoms with Crippen molar-refractivity contribution in [2.75, 3.05) is 34.3 Å². The van der Waals surface area contributed by atoms with Gasteiger partial charge >= 0.3 is 11.9 Å². The zero-order valence-electron chi connectivity index (χ0n) is 49.7. The summed E-state index contributed by atoms with van der Waals surface area (Å²) in [5.74, 6) is 1.15. The van der Waals surface area contributed by atoms with Gasteiger partial charge in [0.2, 0.25) is 29.5 Å². The van der Waals surface area contributed by atoms with Gasteiger partial charge in [-0.15, -0.1) is 4.91 Å². The van der Waals surface area contributed by atoms with Gasteiger partial charge in [0.15, 0.2) is 17.9 Å². The van der Waals surface area contributed by atoms with E-state index in [-0.39, 0.29) is 44.7 Å². The molecule has 7 amide bonds. The predicted molar refractivity (Wildman–Crippen MR) is 296 cm³/mol. The molecule has 1 aromatic carbocycles. The highest BCUT2D eigenvalue weighted by Gasteiger charge is 2.47. The van der Waals surface area contributed by atoms with Crippen LogP contribution in [0.25, 0.3) is 0 Å². The summed E-state index contributed by atoms with van der Waals surface area (Å²) < 4.78 is 17.1. The molecule has 1 aromatic rings. The number of likely N-dealkylation sites (tertiary alicyclic amines) is 1. The van der Waals surface area contributed by atoms with E-state index < -0.39 is 150 Å². The Morgan fingerprint density at radius 2 is 1.46 bits per heavy atom. The number of hydrogen-bond donors (Lipinski definition) is 3. The number of carbonyl (C=O) groups excluding carboxylic acids is 10. The fourth-order valence-electron chi connectivity index (χ4n) is 10.3. The van der Waals surface area contributed by atoms with E-state index in [4.69, 9.17) is 25.9 Å². The number of cyclic esters (lactones) is 2. The minimum Gasteiger partial charge on any atom is -0.497 e. The number of methoxy groups -OCH3 is 1. The Morgan fingerprint density at radius 1 is 0.840 bits per heavy atom. The van der Waals surface area contributed by atoms with Crippen LogP contribution in [0.15, 0.2) is 34.6 Å². The number of nitrogens with two attached hydrogens (primary N) is 2. The Bertz CT molecular complexity index is 2420. The van der Waals surface area contributed by atoms with Crippen LogP contribution >= 0.6 is 0 Å². The number of benzene rings is 1. The lowest BCUT2D eigenvalue weighted by Gasteiger charge is -2.38. The van der Waals surface area contributed by atoms with Crippen LogP contribution in [-0.2, 0) is 63.8 Å². The van der Waals surface area contributed by atoms with E-state index >= 15 is 4.79 Å². The van der Waals surface area contributed by atoms with Crippen molar-refractivity contribution in [1.29, 1.82) is 0 Å². The van der Waals surface area contributed by atoms with Gasteiger partial charge in [-0.2, -0.15) is 4.91 Å². The van der Waals surface area contributed by atoms with E-state index in [2.05, 4.69) is 15.7 Å². The van der Waals surface area contributed by atoms with Crippen molar-refractivity contribution in [3.8, 4) is 5.75 Å². The van der Waals surface area contributed by atoms with Crippen molar-refractivity contribution < 1.29 is 62.2 Å². The SMILES string of the molecule is CCC[C@H]1C(=O)N(CC)[C@@H](C)C(=O)N(C)[C@@H](Cc2ccc(OC)cc2)C(=O)O[C@H](C)[C@H](NC(=O)[C@@H](CC(C)C)N(C)C(=O)[C@@H]2CCCN2C(=O)[C@H](C)N=O)C(=O)N(N)[C@H](C(C)C)[C@@H](N=O)CC(=O)O[C@@H](C(C)C)C(=O)[C@H](C)C(=O)N1N. The topological polar surface area (TPSA) is 341 Å². The van der Waals surface area contributed by atoms with Gasteiger partial charge in [0.25, 0.3) is 11.8 Å². The summed E-state index contributed by atoms with van der Waals surface area (Å²) in [5.41, 5.74) is 0.505. The molecule has 0 saturated carbocycles. The van der Waals surface area contributed by atoms with Crippen LogP contribution in [0, 0.1) is 33.5 Å². The molecule has 2 fully saturated rings. The highest BCUT2D eigenvalue weighted by molar-refractivity contribution is 6.05. The molecule has 2 saturated heterocycles. The van der Waals surface area contributed by atoms with Gasteiger partial charge < -0.3 is 39.1 Å². The molecule has 26 nitrogen and oxygen atoms in total. The molecule has 12 atom stereocenters. The number of nitroso groups, excluding NO2 is 2. The standard InChI is InChI=1S/C55H87N11O15/c1-16-19-40-53(74)63(17-2)34(11)51(72)62(14)42(27-36-21-23-37(79-15)24-22-36)55(76)80-35(12)44(58-48(69)41(26-29(3)4)61(13)52(73)39-20-18-25-64(39)50(71)33(10)59-77)54(75)66(57)45(30(5)6)38(60-78)28-43(67)81-47(31(7)8)46(68)32(9)49(70)65(40)56/h21-24,29-35,38-42,44-45,47H,16-20,25-28,56-57H2,1-15H3,(H,58,69)/t32-,33-,34-,35+,38-,39-,40-,41+,42-,44-,45+,47-/m0/s1. The Kier molecular flexibility index (Phi) is 25.9. The number of nitrogens with zero attached hydrogens (tertiary/aromatic N) is 8. The van der Waals surface area contributed by atoms with Crippen molar-refractivity contribution in [3.05, 3.63) is 39.6 Å². The normalized spacial score (nSPS) is 26.4. The smallest absolute Gasteiger partial charge is 0.329 e. The van der Waals surface area contributed by atoms with Gasteiger partial charge in [-0.25, -0.2) is 16.5 Å². The van der Waals surface area contributed by atoms with Gasteiger partial charge in [0, 0.05) is 33.6 Å². The predicted octanol–water partition coefficient (Wildman–Crippen LogP) is 2.65. The van der Waals surface area contributed by atoms with E-state index in [9.17, 15) is 53.0 Å². The summed E-state index contributed by atoms with van der Waals surface area (Å²) in [6.07, 6.45) is -3.40. The maximum absolute atomic E-state index is 15.2. The highest BCUT2D eigenvalue weighted by atomic mass is 16.6. The van der Waals surface area contributed by atoms with Gasteiger partial charge in [-0.3, -0.25) is 53.2 Å². The Balaban J connectivity index is 2.35. The summed E-state index contributed by atoms with van der Waals surface area (Å²) in [6.45, 7) is 18.4. The summed E-state index contributed by atoms with van der Waals surface area (Å²) in [7, 11) is 4.12. The molecule has 3 rings (SSSR count). The number of hydrogen-bond acceptors (Lipinski definition) is 19. The third-order valence-electron chi connectivity index (χ3n) is 15.2. The lowest BCUT2D eigenvalue weighted by atomic mass is 9.92. The van der Waals surface area contributed by atoms with Crippen LogP contribution in [0.4, 0.5) is 0 Å². The number of carbonyl (C=O) groups is 10. The summed E-state index contributed by atoms with van der Waals surface area (Å²) in [6, 6.07) is -6.49. The van der Waals surface area contributed by atoms with Crippen LogP contribution in [-0.4, -0.2) is 190 Å². The average molecular weight is 1140 g/mol. The zero-order valence-corrected chi connectivity index (χ0v) is 49.7. The molecule has 0 bridgehead atoms. The number of likely N-dealkylation sites (N-methyl/N-ethyl adjacent to an activating group) is 3. The van der Waals surface area contributed by atoms with Gasteiger partial charge in [0.05, 0.1) is 25.5 Å². The van der Waals surface area contributed by atoms with Crippen LogP contribution in [0.3, 0.4) is 0 Å². The molecule has 81 heavy (non-hydrogen) atoms. The second-order valence-corrected chi connectivity index (χ2v) is 22.2. The zero-order chi connectivity index (χ0) is 61.5. The fraction of sp³-hybridized carbons (Fsp3) is 0.709. The van der Waals surface area contributed by atoms with Gasteiger partial charge in [-0.1, -0.05) is 77.4 Å². The number of nitrogens with one attached hydrogen (secondary N) is 1. The lowest BCUT2D eigenvalue weighted by molar-refractivity contribution is -0.164. The van der Waals surface area contributed by atoms with Crippen molar-refractivity contribution in [1.82, 2.24) is 34.9 Å². The van der Waals surface area contributed by atoms with Crippen LogP contribution in [0.2, 0.25) is 0 Å². The van der Waals surface area contributed by atoms with E-state index in [1.807, 2.05) is 0 Å². The van der Waals surface area contributed by atoms with Crippen LogP contribution in [0.1, 0.15) is 127 Å². The van der Waals surface area contributed by atoms with E-state index in [1.54, 1.807) is 79.7 Å². The first-order valence-electron chi connectivity index (χ1n) is 27.8. The number of ether oxygens (including phenoxy) is 3. The minimum absolute atomic E-state index is 0.00148. The first-order valence-corrected chi connectivity index (χ1v) is 27.8. The maximum Gasteiger partial charge on any atom is 0.329 e. The molecule has 2 heterocycles. The summed E-state index contributed by atoms with van der Waals surface area (Å²) in [5, 5.41) is 9.89. The highest BCUT2D eigenvalue weighted by Crippen LogP contribution is 2.27. The van der Waals surface area contributed by atoms with E-state index in [0.29, 0.717) is 34.2 Å². The molecule has 0 radical (unpaired) electrons. The van der Waals surface area contributed by atoms with Crippen molar-refractivity contribution >= 4 is 59.1 Å². The largest absolute Gasteiger partial charge is 0.497 e. The van der Waals surface area contributed by atoms with Crippen molar-refractivity contribution in [2.45, 2.75) is 195 Å². The van der Waals surface area contributed by atoms with Gasteiger partial charge in [0.1, 0.15) is 54.1 Å². The van der Waals surface area contributed by atoms with E-state index in [1.165, 1.54) is 58.7 Å². The second-order valence-electron chi connectivity index (χ2n) is 22.2. The molecular formula is C55H87N11O15. The minimum atomic E-state index is -1.94. The number of amides is 7. The molecular weight excluding hydrogens is 1050 g/mol. The van der Waals surface area contributed by atoms with Crippen molar-refractivity contribution in [3.63, 3.8) is 0 Å². The third kappa shape index (κ3) is 16.8. The number of ketones is 1. The Hall–Kier alpha value is -6.96. The summed E-state index contributed by atoms with van der Waals surface area (Å²) >= 11 is 0. The average Bonchev–Trinajstić information content (AvgIpc) is 3.94. The molecule has 5 N–H and O–H groups in total. The van der Waals surface area contributed by atoms with Crippen LogP contribution in [0.5, 0.6) is 5.75 Å². The molecule has 0 unspecified atom stereocenters. The second kappa shape index (κ2) is 30.7. The lowest BCUT2D eigenvalue weighted by Crippen LogP contribution is -2.64. The molecule has 0 spiro atoms. The summed E-state index contributed by atoms with van der Waals surface area (Å²) in [4.78, 5) is 173. The fourth-order valence-corrected chi connectivity index (χ4v) is 10.3. The molecule has 26 heteroatoms. The van der Waals surface area contributed by atoms with E-state index in [0.717, 1.165) is 9.80 Å². The first-order chi connectivity index (χ1) is 37.9. The van der Waals surface area contributed by atoms with Gasteiger partial charge in [-0.05, 0) is 95.8 Å². The van der Waals surface area contributed by atoms with Crippen LogP contribution < -0.4 is 21.7 Å². The third-order valence-corrected chi connectivity index (χ3v) is 15.2. The number of rotatable bonds is 17. The molecule has 2 aliphatic heterocycles. The number of Topliss-reactive ketones (excluding diaryl/α,β-unsaturated/α-hetero) is 1. The quantitative estimate of drug-likeness (QED) is 0.0663. The number of esters is 2. The molecule has 452 valence electrons. The number of hydrazine groups is 2. The molecule has 2 aliphatic rings. The molecule has 0 aliphatic carbocycles. The Morgan fingerprint density at radius 3 is 1.98 bits per heavy atom. The maximum atomic E-state index is 15.2. The molecule has 0 aromatic heterocycles. The Labute approximate surface area is 474 Å². The monoisotopic (exact) mass is 1140 g/mol. The van der Waals surface area contributed by atoms with Crippen molar-refractivity contribution in [2.24, 2.45) is 45.7 Å². The first kappa shape index (κ1) is 68.3.